The minimum Gasteiger partial charge on any atom is -0.378 e. The average Bonchev–Trinajstić information content (AvgIpc) is 3.12. The highest BCUT2D eigenvalue weighted by atomic mass is 16.1. The second-order valence-electron chi connectivity index (χ2n) is 8.32. The number of fused-ring (bicyclic) bond motifs is 3. The molecule has 3 heteroatoms. The highest BCUT2D eigenvalue weighted by Gasteiger charge is 2.72. The summed E-state index contributed by atoms with van der Waals surface area (Å²) in [4.78, 5) is 15.8. The number of carbonyl (C=O) groups is 1. The van der Waals surface area contributed by atoms with Crippen LogP contribution in [0.1, 0.15) is 43.6 Å². The summed E-state index contributed by atoms with van der Waals surface area (Å²) in [6.45, 7) is 2.42. The first-order valence-electron chi connectivity index (χ1n) is 8.88. The van der Waals surface area contributed by atoms with Gasteiger partial charge in [-0.2, -0.15) is 0 Å². The summed E-state index contributed by atoms with van der Waals surface area (Å²) < 4.78 is 0. The number of nitrogens with one attached hydrogen (secondary N) is 1. The van der Waals surface area contributed by atoms with Gasteiger partial charge in [-0.1, -0.05) is 18.2 Å². The van der Waals surface area contributed by atoms with Gasteiger partial charge in [0.1, 0.15) is 5.78 Å². The quantitative estimate of drug-likeness (QED) is 0.798. The molecular formula is C19H22N2O. The van der Waals surface area contributed by atoms with Gasteiger partial charge in [-0.15, -0.1) is 0 Å². The van der Waals surface area contributed by atoms with Crippen LogP contribution in [0.3, 0.4) is 0 Å². The molecule has 0 radical (unpaired) electrons. The zero-order valence-electron chi connectivity index (χ0n) is 12.8. The summed E-state index contributed by atoms with van der Waals surface area (Å²) in [5, 5.41) is 3.84. The lowest BCUT2D eigenvalue weighted by molar-refractivity contribution is -0.133. The van der Waals surface area contributed by atoms with Crippen molar-refractivity contribution in [1.29, 1.82) is 0 Å². The van der Waals surface area contributed by atoms with Crippen molar-refractivity contribution in [2.45, 2.75) is 49.6 Å². The summed E-state index contributed by atoms with van der Waals surface area (Å²) in [6.07, 6.45) is 5.46. The molecule has 2 saturated carbocycles. The topological polar surface area (TPSA) is 32.3 Å². The summed E-state index contributed by atoms with van der Waals surface area (Å²) in [5.74, 6) is 1.80. The van der Waals surface area contributed by atoms with Crippen LogP contribution in [0.15, 0.2) is 24.3 Å². The molecule has 5 atom stereocenters. The molecule has 2 bridgehead atoms. The van der Waals surface area contributed by atoms with Crippen LogP contribution in [0.25, 0.3) is 0 Å². The van der Waals surface area contributed by atoms with E-state index in [4.69, 9.17) is 0 Å². The van der Waals surface area contributed by atoms with Gasteiger partial charge in [0.05, 0.1) is 5.54 Å². The van der Waals surface area contributed by atoms with E-state index < -0.39 is 0 Å². The first-order chi connectivity index (χ1) is 10.7. The van der Waals surface area contributed by atoms with Gasteiger partial charge in [-0.25, -0.2) is 0 Å². The number of carbonyl (C=O) groups excluding carboxylic acids is 1. The number of hydrogen-bond acceptors (Lipinski definition) is 3. The smallest absolute Gasteiger partial charge is 0.143 e. The Labute approximate surface area is 131 Å². The predicted octanol–water partition coefficient (Wildman–Crippen LogP) is 2.78. The molecule has 2 aliphatic carbocycles. The summed E-state index contributed by atoms with van der Waals surface area (Å²) in [6, 6.07) is 9.35. The Bertz CT molecular complexity index is 700. The Morgan fingerprint density at radius 2 is 2.14 bits per heavy atom. The maximum Gasteiger partial charge on any atom is 0.143 e. The van der Waals surface area contributed by atoms with E-state index >= 15 is 0 Å². The third-order valence-electron chi connectivity index (χ3n) is 7.55. The van der Waals surface area contributed by atoms with Gasteiger partial charge in [-0.3, -0.25) is 9.69 Å². The van der Waals surface area contributed by atoms with Gasteiger partial charge in [0.2, 0.25) is 0 Å². The van der Waals surface area contributed by atoms with Gasteiger partial charge in [0.15, 0.2) is 0 Å². The molecule has 114 valence electrons. The number of para-hydroxylation sites is 1. The second-order valence-corrected chi connectivity index (χ2v) is 8.32. The number of piperidine rings is 1. The summed E-state index contributed by atoms with van der Waals surface area (Å²) >= 11 is 0. The fourth-order valence-electron chi connectivity index (χ4n) is 7.15. The molecule has 5 aliphatic rings. The highest BCUT2D eigenvalue weighted by molar-refractivity contribution is 5.92. The molecule has 4 fully saturated rings. The third kappa shape index (κ3) is 1.13. The van der Waals surface area contributed by atoms with E-state index in [0.717, 1.165) is 19.3 Å². The molecule has 6 rings (SSSR count). The van der Waals surface area contributed by atoms with Gasteiger partial charge < -0.3 is 5.32 Å². The fraction of sp³-hybridized carbons (Fsp3) is 0.632. The summed E-state index contributed by atoms with van der Waals surface area (Å²) in [7, 11) is 0. The molecular weight excluding hydrogens is 272 g/mol. The monoisotopic (exact) mass is 294 g/mol. The number of anilines is 1. The number of benzene rings is 1. The Hall–Kier alpha value is -1.35. The molecule has 3 nitrogen and oxygen atoms in total. The zero-order chi connectivity index (χ0) is 14.5. The van der Waals surface area contributed by atoms with Crippen molar-refractivity contribution in [2.24, 2.45) is 11.3 Å². The maximum atomic E-state index is 13.2. The van der Waals surface area contributed by atoms with E-state index in [1.165, 1.54) is 37.2 Å². The van der Waals surface area contributed by atoms with Gasteiger partial charge in [0.25, 0.3) is 0 Å². The Kier molecular flexibility index (Phi) is 1.98. The van der Waals surface area contributed by atoms with Crippen molar-refractivity contribution >= 4 is 11.5 Å². The van der Waals surface area contributed by atoms with E-state index in [9.17, 15) is 4.79 Å². The van der Waals surface area contributed by atoms with Crippen molar-refractivity contribution in [3.8, 4) is 0 Å². The first kappa shape index (κ1) is 12.1. The molecule has 0 amide bonds. The predicted molar refractivity (Wildman–Crippen MR) is 84.9 cm³/mol. The largest absolute Gasteiger partial charge is 0.378 e. The lowest BCUT2D eigenvalue weighted by Crippen LogP contribution is -2.59. The van der Waals surface area contributed by atoms with E-state index in [0.29, 0.717) is 23.7 Å². The van der Waals surface area contributed by atoms with Crippen molar-refractivity contribution in [1.82, 2.24) is 4.90 Å². The van der Waals surface area contributed by atoms with Crippen LogP contribution < -0.4 is 5.32 Å². The molecule has 1 aromatic carbocycles. The molecule has 0 aromatic heterocycles. The average molecular weight is 294 g/mol. The SMILES string of the molecule is O=C1CC23CC14CCCN1CCC(C2c2ccccc2N3)C14. The fourth-order valence-corrected chi connectivity index (χ4v) is 7.15. The van der Waals surface area contributed by atoms with E-state index in [1.54, 1.807) is 0 Å². The third-order valence-corrected chi connectivity index (χ3v) is 7.55. The van der Waals surface area contributed by atoms with Crippen LogP contribution in [-0.2, 0) is 4.79 Å². The van der Waals surface area contributed by atoms with Crippen molar-refractivity contribution in [2.75, 3.05) is 18.4 Å². The Morgan fingerprint density at radius 1 is 1.23 bits per heavy atom. The van der Waals surface area contributed by atoms with Crippen molar-refractivity contribution in [3.63, 3.8) is 0 Å². The molecule has 2 spiro atoms. The minimum atomic E-state index is -0.0229. The van der Waals surface area contributed by atoms with Crippen LogP contribution in [0.4, 0.5) is 5.69 Å². The Morgan fingerprint density at radius 3 is 3.09 bits per heavy atom. The van der Waals surface area contributed by atoms with E-state index in [2.05, 4.69) is 34.5 Å². The van der Waals surface area contributed by atoms with Crippen LogP contribution in [-0.4, -0.2) is 35.4 Å². The standard InChI is InChI=1S/C19H22N2O/c22-15-10-19-11-18(15)7-3-8-21-9-6-13(17(18)21)16(19)12-4-1-2-5-14(12)20-19/h1-2,4-5,13,16-17,20H,3,6-11H2. The van der Waals surface area contributed by atoms with Crippen LogP contribution in [0, 0.1) is 11.3 Å². The van der Waals surface area contributed by atoms with Crippen LogP contribution in [0.5, 0.6) is 0 Å². The lowest BCUT2D eigenvalue weighted by Gasteiger charge is -2.53. The number of ketones is 1. The van der Waals surface area contributed by atoms with E-state index in [-0.39, 0.29) is 11.0 Å². The van der Waals surface area contributed by atoms with Crippen molar-refractivity contribution in [3.05, 3.63) is 29.8 Å². The second kappa shape index (κ2) is 3.59. The Balaban J connectivity index is 1.60. The van der Waals surface area contributed by atoms with Gasteiger partial charge >= 0.3 is 0 Å². The number of Topliss-reactive ketones (excluding diaryl/α,β-unsaturated/α-hetero) is 1. The van der Waals surface area contributed by atoms with Crippen LogP contribution in [0.2, 0.25) is 0 Å². The van der Waals surface area contributed by atoms with Crippen LogP contribution >= 0.6 is 0 Å². The molecule has 5 unspecified atom stereocenters. The normalized spacial score (nSPS) is 47.8. The molecule has 22 heavy (non-hydrogen) atoms. The minimum absolute atomic E-state index is 0.0229. The molecule has 3 aliphatic heterocycles. The van der Waals surface area contributed by atoms with Gasteiger partial charge in [-0.05, 0) is 56.3 Å². The molecule has 1 N–H and O–H groups in total. The summed E-state index contributed by atoms with van der Waals surface area (Å²) in [5.41, 5.74) is 2.80. The van der Waals surface area contributed by atoms with Gasteiger partial charge in [0, 0.05) is 29.5 Å². The zero-order valence-corrected chi connectivity index (χ0v) is 12.8. The number of hydrogen-bond donors (Lipinski definition) is 1. The molecule has 3 heterocycles. The lowest BCUT2D eigenvalue weighted by atomic mass is 9.57. The van der Waals surface area contributed by atoms with E-state index in [1.807, 2.05) is 0 Å². The van der Waals surface area contributed by atoms with Crippen molar-refractivity contribution < 1.29 is 4.79 Å². The first-order valence-corrected chi connectivity index (χ1v) is 8.88. The number of rotatable bonds is 0. The maximum absolute atomic E-state index is 13.2. The highest BCUT2D eigenvalue weighted by Crippen LogP contribution is 2.69. The number of nitrogens with zero attached hydrogens (tertiary/aromatic N) is 1. The molecule has 1 aromatic rings. The molecule has 2 saturated heterocycles.